The van der Waals surface area contributed by atoms with E-state index in [-0.39, 0.29) is 29.6 Å². The van der Waals surface area contributed by atoms with Crippen molar-refractivity contribution in [1.29, 1.82) is 0 Å². The van der Waals surface area contributed by atoms with Gasteiger partial charge in [0.25, 0.3) is 7.75 Å². The second-order valence-electron chi connectivity index (χ2n) is 1.74. The van der Waals surface area contributed by atoms with Crippen molar-refractivity contribution < 1.29 is 48.0 Å². The first kappa shape index (κ1) is 17.9. The van der Waals surface area contributed by atoms with E-state index < -0.39 is 17.4 Å². The van der Waals surface area contributed by atoms with E-state index in [0.717, 1.165) is 14.2 Å². The van der Waals surface area contributed by atoms with Gasteiger partial charge in [0.1, 0.15) is 5.91 Å². The molecule has 0 N–H and O–H groups in total. The molecular formula is C4H6Cl3NNaO4P. The van der Waals surface area contributed by atoms with Crippen molar-refractivity contribution in [3.63, 3.8) is 0 Å². The molecule has 0 rings (SSSR count). The van der Waals surface area contributed by atoms with Crippen LogP contribution in [0.4, 0.5) is 0 Å². The number of rotatable bonds is 3. The second kappa shape index (κ2) is 6.94. The van der Waals surface area contributed by atoms with Gasteiger partial charge in [-0.2, -0.15) is 0 Å². The van der Waals surface area contributed by atoms with Gasteiger partial charge in [0.2, 0.25) is 3.79 Å². The van der Waals surface area contributed by atoms with E-state index in [4.69, 9.17) is 34.8 Å². The third kappa shape index (κ3) is 6.16. The molecule has 0 spiro atoms. The quantitative estimate of drug-likeness (QED) is 0.405. The van der Waals surface area contributed by atoms with Crippen LogP contribution in [-0.4, -0.2) is 23.9 Å². The fourth-order valence-corrected chi connectivity index (χ4v) is 1.31. The predicted octanol–water partition coefficient (Wildman–Crippen LogP) is -0.338. The second-order valence-corrected chi connectivity index (χ2v) is 5.89. The van der Waals surface area contributed by atoms with Gasteiger partial charge in [-0.05, 0) is 0 Å². The minimum Gasteiger partial charge on any atom is -0.548 e. The standard InChI is InChI=1S/C4H7Cl3NO4P.Na/c1-11-13(10,12-2)8-3(9)4(5,6)7;/h1-2H3,(H,8,9,10);/q;+1/p-1. The molecule has 0 unspecified atom stereocenters. The Kier molecular flexibility index (Phi) is 8.86. The smallest absolute Gasteiger partial charge is 0.548 e. The number of hydrogen-bond acceptors (Lipinski definition) is 4. The summed E-state index contributed by atoms with van der Waals surface area (Å²) in [5.74, 6) is -1.20. The van der Waals surface area contributed by atoms with Crippen LogP contribution in [0.3, 0.4) is 0 Å². The first-order chi connectivity index (χ1) is 5.75. The average Bonchev–Trinajstić information content (AvgIpc) is 2.02. The van der Waals surface area contributed by atoms with Gasteiger partial charge < -0.3 is 18.9 Å². The van der Waals surface area contributed by atoms with Crippen molar-refractivity contribution in [2.75, 3.05) is 14.2 Å². The minimum atomic E-state index is -3.81. The molecule has 10 heteroatoms. The summed E-state index contributed by atoms with van der Waals surface area (Å²) in [6.45, 7) is 0. The Morgan fingerprint density at radius 3 is 1.86 bits per heavy atom. The molecule has 1 amide bonds. The number of carbonyl (C=O) groups excluding carboxylic acids is 1. The maximum absolute atomic E-state index is 11.2. The van der Waals surface area contributed by atoms with Crippen LogP contribution in [0, 0.1) is 0 Å². The zero-order valence-electron chi connectivity index (χ0n) is 7.66. The minimum absolute atomic E-state index is 0. The molecule has 5 nitrogen and oxygen atoms in total. The topological polar surface area (TPSA) is 66.7 Å². The molecule has 0 aromatic heterocycles. The van der Waals surface area contributed by atoms with E-state index in [0.29, 0.717) is 0 Å². The number of amides is 1. The SMILES string of the molecule is COP(=O)([N-]C(=O)C(Cl)(Cl)Cl)OC.[Na+]. The van der Waals surface area contributed by atoms with Crippen LogP contribution < -0.4 is 29.6 Å². The van der Waals surface area contributed by atoms with Crippen LogP contribution in [0.5, 0.6) is 0 Å². The van der Waals surface area contributed by atoms with Gasteiger partial charge in [-0.1, -0.05) is 34.8 Å². The molecule has 0 aromatic carbocycles. The van der Waals surface area contributed by atoms with Gasteiger partial charge in [-0.3, -0.25) is 4.57 Å². The predicted molar refractivity (Wildman–Crippen MR) is 50.3 cm³/mol. The first-order valence-corrected chi connectivity index (χ1v) is 5.44. The molecule has 0 aliphatic rings. The van der Waals surface area contributed by atoms with Gasteiger partial charge >= 0.3 is 29.6 Å². The number of alkyl halides is 3. The van der Waals surface area contributed by atoms with E-state index >= 15 is 0 Å². The van der Waals surface area contributed by atoms with E-state index in [2.05, 4.69) is 14.1 Å². The Hall–Kier alpha value is 1.49. The molecule has 0 radical (unpaired) electrons. The van der Waals surface area contributed by atoms with E-state index in [1.807, 2.05) is 0 Å². The summed E-state index contributed by atoms with van der Waals surface area (Å²) in [5.41, 5.74) is 0. The molecule has 14 heavy (non-hydrogen) atoms. The molecule has 0 bridgehead atoms. The summed E-state index contributed by atoms with van der Waals surface area (Å²) in [6.07, 6.45) is 0. The molecule has 0 aromatic rings. The Balaban J connectivity index is 0. The van der Waals surface area contributed by atoms with Gasteiger partial charge in [0.15, 0.2) is 0 Å². The molecule has 0 aliphatic carbocycles. The normalized spacial score (nSPS) is 11.8. The van der Waals surface area contributed by atoms with Gasteiger partial charge in [-0.15, -0.1) is 0 Å². The number of nitrogens with zero attached hydrogens (tertiary/aromatic N) is 1. The molecule has 0 saturated carbocycles. The summed E-state index contributed by atoms with van der Waals surface area (Å²) in [4.78, 5) is 10.9. The van der Waals surface area contributed by atoms with Crippen molar-refractivity contribution in [2.45, 2.75) is 3.79 Å². The number of hydrogen-bond donors (Lipinski definition) is 0. The van der Waals surface area contributed by atoms with Crippen LogP contribution in [0.25, 0.3) is 5.09 Å². The Bertz CT molecular complexity index is 237. The molecule has 0 fully saturated rings. The van der Waals surface area contributed by atoms with Crippen LogP contribution in [-0.2, 0) is 18.4 Å². The maximum Gasteiger partial charge on any atom is 1.00 e. The summed E-state index contributed by atoms with van der Waals surface area (Å²) in [5, 5.41) is 2.99. The van der Waals surface area contributed by atoms with Gasteiger partial charge in [0, 0.05) is 14.2 Å². The van der Waals surface area contributed by atoms with Crippen LogP contribution in [0.2, 0.25) is 0 Å². The molecule has 0 saturated heterocycles. The number of halogens is 3. The van der Waals surface area contributed by atoms with E-state index in [1.165, 1.54) is 0 Å². The fourth-order valence-electron chi connectivity index (χ4n) is 0.324. The Labute approximate surface area is 119 Å². The third-order valence-corrected chi connectivity index (χ3v) is 2.75. The summed E-state index contributed by atoms with van der Waals surface area (Å²) in [6, 6.07) is 0. The Morgan fingerprint density at radius 2 is 1.64 bits per heavy atom. The summed E-state index contributed by atoms with van der Waals surface area (Å²) < 4.78 is 17.6. The maximum atomic E-state index is 11.2. The van der Waals surface area contributed by atoms with Crippen LogP contribution in [0.15, 0.2) is 0 Å². The van der Waals surface area contributed by atoms with Crippen molar-refractivity contribution in [3.8, 4) is 0 Å². The average molecular weight is 292 g/mol. The molecule has 0 heterocycles. The monoisotopic (exact) mass is 291 g/mol. The Morgan fingerprint density at radius 1 is 1.29 bits per heavy atom. The zero-order chi connectivity index (χ0) is 10.7. The third-order valence-electron chi connectivity index (χ3n) is 0.917. The number of carbonyl (C=O) groups is 1. The molecule has 0 aliphatic heterocycles. The van der Waals surface area contributed by atoms with Crippen molar-refractivity contribution in [3.05, 3.63) is 5.09 Å². The zero-order valence-corrected chi connectivity index (χ0v) is 12.8. The van der Waals surface area contributed by atoms with Crippen LogP contribution >= 0.6 is 42.5 Å². The van der Waals surface area contributed by atoms with Gasteiger partial charge in [0.05, 0.1) is 0 Å². The van der Waals surface area contributed by atoms with Gasteiger partial charge in [-0.25, -0.2) is 0 Å². The van der Waals surface area contributed by atoms with Crippen molar-refractivity contribution >= 4 is 48.5 Å². The summed E-state index contributed by atoms with van der Waals surface area (Å²) >= 11 is 15.5. The fraction of sp³-hybridized carbons (Fsp3) is 0.750. The molecular weight excluding hydrogens is 286 g/mol. The van der Waals surface area contributed by atoms with E-state index in [1.54, 1.807) is 0 Å². The molecule has 0 atom stereocenters. The molecule has 78 valence electrons. The first-order valence-electron chi connectivity index (χ1n) is 2.81. The largest absolute Gasteiger partial charge is 1.00 e. The van der Waals surface area contributed by atoms with Crippen molar-refractivity contribution in [2.24, 2.45) is 0 Å². The summed E-state index contributed by atoms with van der Waals surface area (Å²) in [7, 11) is -1.70. The van der Waals surface area contributed by atoms with Crippen LogP contribution in [0.1, 0.15) is 0 Å². The van der Waals surface area contributed by atoms with E-state index in [9.17, 15) is 9.36 Å². The van der Waals surface area contributed by atoms with Crippen molar-refractivity contribution in [1.82, 2.24) is 0 Å².